The number of rotatable bonds is 5. The van der Waals surface area contributed by atoms with Gasteiger partial charge in [-0.3, -0.25) is 14.8 Å². The van der Waals surface area contributed by atoms with E-state index in [-0.39, 0.29) is 5.91 Å². The summed E-state index contributed by atoms with van der Waals surface area (Å²) >= 11 is 0. The maximum Gasteiger partial charge on any atom is 0.272 e. The van der Waals surface area contributed by atoms with E-state index < -0.39 is 0 Å². The van der Waals surface area contributed by atoms with E-state index in [0.29, 0.717) is 11.7 Å². The second-order valence-electron chi connectivity index (χ2n) is 7.92. The highest BCUT2D eigenvalue weighted by molar-refractivity contribution is 5.93. The van der Waals surface area contributed by atoms with Crippen LogP contribution in [-0.4, -0.2) is 71.3 Å². The van der Waals surface area contributed by atoms with Crippen LogP contribution in [0.4, 0.5) is 0 Å². The third-order valence-corrected chi connectivity index (χ3v) is 5.93. The van der Waals surface area contributed by atoms with E-state index in [1.807, 2.05) is 18.2 Å². The minimum atomic E-state index is 0.0811. The Balaban J connectivity index is 1.42. The standard InChI is InChI=1S/C22H30N4O2/c1-17-5-7-18(8-6-17)20-16-21(24-23-20)22(27)26-10-3-2-4-19(26)9-11-25-12-14-28-15-13-25/h5-8,16,19H,2-4,9-15H2,1H3,(H,23,24). The fraction of sp³-hybridized carbons (Fsp3) is 0.545. The fourth-order valence-corrected chi connectivity index (χ4v) is 4.18. The highest BCUT2D eigenvalue weighted by Crippen LogP contribution is 2.24. The van der Waals surface area contributed by atoms with Crippen LogP contribution in [0.1, 0.15) is 41.7 Å². The summed E-state index contributed by atoms with van der Waals surface area (Å²) in [5.74, 6) is 0.0811. The summed E-state index contributed by atoms with van der Waals surface area (Å²) in [5, 5.41) is 7.36. The van der Waals surface area contributed by atoms with E-state index in [4.69, 9.17) is 4.74 Å². The molecule has 2 aromatic rings. The van der Waals surface area contributed by atoms with Crippen LogP contribution in [0.3, 0.4) is 0 Å². The smallest absolute Gasteiger partial charge is 0.272 e. The molecule has 28 heavy (non-hydrogen) atoms. The average Bonchev–Trinajstić information content (AvgIpc) is 3.23. The third kappa shape index (κ3) is 4.45. The van der Waals surface area contributed by atoms with Gasteiger partial charge in [-0.05, 0) is 38.7 Å². The largest absolute Gasteiger partial charge is 0.379 e. The zero-order valence-corrected chi connectivity index (χ0v) is 16.7. The van der Waals surface area contributed by atoms with Gasteiger partial charge in [0.25, 0.3) is 5.91 Å². The first-order chi connectivity index (χ1) is 13.7. The molecular weight excluding hydrogens is 352 g/mol. The molecule has 6 heteroatoms. The van der Waals surface area contributed by atoms with Crippen LogP contribution in [-0.2, 0) is 4.74 Å². The first-order valence-electron chi connectivity index (χ1n) is 10.4. The number of benzene rings is 1. The van der Waals surface area contributed by atoms with Gasteiger partial charge in [-0.15, -0.1) is 0 Å². The number of hydrogen-bond donors (Lipinski definition) is 1. The summed E-state index contributed by atoms with van der Waals surface area (Å²) in [6, 6.07) is 10.4. The lowest BCUT2D eigenvalue weighted by atomic mass is 9.98. The predicted octanol–water partition coefficient (Wildman–Crippen LogP) is 3.10. The van der Waals surface area contributed by atoms with Crippen LogP contribution in [0.2, 0.25) is 0 Å². The third-order valence-electron chi connectivity index (χ3n) is 5.93. The molecule has 3 heterocycles. The lowest BCUT2D eigenvalue weighted by Crippen LogP contribution is -2.46. The van der Waals surface area contributed by atoms with Crippen LogP contribution in [0, 0.1) is 6.92 Å². The Bertz CT molecular complexity index is 780. The van der Waals surface area contributed by atoms with Gasteiger partial charge in [-0.25, -0.2) is 0 Å². The van der Waals surface area contributed by atoms with Crippen molar-refractivity contribution in [1.29, 1.82) is 0 Å². The Kier molecular flexibility index (Phi) is 6.07. The maximum absolute atomic E-state index is 13.2. The van der Waals surface area contributed by atoms with Crippen molar-refractivity contribution in [2.24, 2.45) is 0 Å². The molecule has 150 valence electrons. The van der Waals surface area contributed by atoms with Crippen molar-refractivity contribution in [2.45, 2.75) is 38.6 Å². The second kappa shape index (κ2) is 8.88. The van der Waals surface area contributed by atoms with Crippen molar-refractivity contribution in [1.82, 2.24) is 20.0 Å². The molecule has 1 aromatic heterocycles. The van der Waals surface area contributed by atoms with Crippen LogP contribution in [0.25, 0.3) is 11.3 Å². The number of nitrogens with one attached hydrogen (secondary N) is 1. The summed E-state index contributed by atoms with van der Waals surface area (Å²) in [6.07, 6.45) is 4.41. The molecule has 0 spiro atoms. The number of ether oxygens (including phenoxy) is 1. The predicted molar refractivity (Wildman–Crippen MR) is 109 cm³/mol. The number of carbonyl (C=O) groups excluding carboxylic acids is 1. The van der Waals surface area contributed by atoms with Crippen molar-refractivity contribution in [3.63, 3.8) is 0 Å². The van der Waals surface area contributed by atoms with Crippen LogP contribution in [0.15, 0.2) is 30.3 Å². The van der Waals surface area contributed by atoms with Crippen LogP contribution in [0.5, 0.6) is 0 Å². The van der Waals surface area contributed by atoms with Crippen molar-refractivity contribution < 1.29 is 9.53 Å². The molecule has 0 saturated carbocycles. The lowest BCUT2D eigenvalue weighted by molar-refractivity contribution is 0.0295. The zero-order chi connectivity index (χ0) is 19.3. The summed E-state index contributed by atoms with van der Waals surface area (Å²) in [4.78, 5) is 17.7. The van der Waals surface area contributed by atoms with Crippen molar-refractivity contribution >= 4 is 5.91 Å². The van der Waals surface area contributed by atoms with Gasteiger partial charge in [0.2, 0.25) is 0 Å². The number of H-pyrrole nitrogens is 1. The molecule has 1 unspecified atom stereocenters. The number of hydrogen-bond acceptors (Lipinski definition) is 4. The van der Waals surface area contributed by atoms with Crippen molar-refractivity contribution in [3.8, 4) is 11.3 Å². The number of morpholine rings is 1. The van der Waals surface area contributed by atoms with E-state index >= 15 is 0 Å². The molecule has 2 fully saturated rings. The molecular formula is C22H30N4O2. The van der Waals surface area contributed by atoms with Crippen molar-refractivity contribution in [2.75, 3.05) is 39.4 Å². The number of carbonyl (C=O) groups is 1. The summed E-state index contributed by atoms with van der Waals surface area (Å²) in [5.41, 5.74) is 3.66. The number of aryl methyl sites for hydroxylation is 1. The molecule has 1 N–H and O–H groups in total. The highest BCUT2D eigenvalue weighted by Gasteiger charge is 2.29. The van der Waals surface area contributed by atoms with E-state index in [2.05, 4.69) is 39.1 Å². The molecule has 2 aliphatic rings. The second-order valence-corrected chi connectivity index (χ2v) is 7.92. The number of nitrogens with zero attached hydrogens (tertiary/aromatic N) is 3. The first-order valence-corrected chi connectivity index (χ1v) is 10.4. The molecule has 2 saturated heterocycles. The van der Waals surface area contributed by atoms with Gasteiger partial charge < -0.3 is 9.64 Å². The van der Waals surface area contributed by atoms with Gasteiger partial charge in [-0.1, -0.05) is 29.8 Å². The SMILES string of the molecule is Cc1ccc(-c2cc(C(=O)N3CCCCC3CCN3CCOCC3)[nH]n2)cc1. The minimum absolute atomic E-state index is 0.0811. The molecule has 0 radical (unpaired) electrons. The maximum atomic E-state index is 13.2. The van der Waals surface area contributed by atoms with Crippen molar-refractivity contribution in [3.05, 3.63) is 41.6 Å². The van der Waals surface area contributed by atoms with E-state index in [9.17, 15) is 4.79 Å². The topological polar surface area (TPSA) is 61.5 Å². The summed E-state index contributed by atoms with van der Waals surface area (Å²) < 4.78 is 5.44. The van der Waals surface area contributed by atoms with Gasteiger partial charge in [0.05, 0.1) is 18.9 Å². The summed E-state index contributed by atoms with van der Waals surface area (Å²) in [6.45, 7) is 7.59. The Hall–Kier alpha value is -2.18. The Morgan fingerprint density at radius 2 is 1.96 bits per heavy atom. The first kappa shape index (κ1) is 19.2. The summed E-state index contributed by atoms with van der Waals surface area (Å²) in [7, 11) is 0. The molecule has 1 aromatic carbocycles. The molecule has 1 amide bonds. The van der Waals surface area contributed by atoms with Gasteiger partial charge in [0, 0.05) is 37.8 Å². The van der Waals surface area contributed by atoms with E-state index in [1.165, 1.54) is 12.0 Å². The van der Waals surface area contributed by atoms with E-state index in [0.717, 1.165) is 69.9 Å². The van der Waals surface area contributed by atoms with Crippen LogP contribution >= 0.6 is 0 Å². The minimum Gasteiger partial charge on any atom is -0.379 e. The van der Waals surface area contributed by atoms with E-state index in [1.54, 1.807) is 0 Å². The van der Waals surface area contributed by atoms with Gasteiger partial charge in [-0.2, -0.15) is 5.10 Å². The Morgan fingerprint density at radius 3 is 2.75 bits per heavy atom. The zero-order valence-electron chi connectivity index (χ0n) is 16.7. The lowest BCUT2D eigenvalue weighted by Gasteiger charge is -2.37. The number of amides is 1. The van der Waals surface area contributed by atoms with Gasteiger partial charge >= 0.3 is 0 Å². The molecule has 0 aliphatic carbocycles. The molecule has 6 nitrogen and oxygen atoms in total. The normalized spacial score (nSPS) is 21.0. The fourth-order valence-electron chi connectivity index (χ4n) is 4.18. The molecule has 0 bridgehead atoms. The molecule has 2 aliphatic heterocycles. The Morgan fingerprint density at radius 1 is 1.18 bits per heavy atom. The molecule has 1 atom stereocenters. The number of likely N-dealkylation sites (tertiary alicyclic amines) is 1. The number of aromatic nitrogens is 2. The monoisotopic (exact) mass is 382 g/mol. The number of piperidine rings is 1. The number of aromatic amines is 1. The molecule has 4 rings (SSSR count). The van der Waals surface area contributed by atoms with Gasteiger partial charge in [0.15, 0.2) is 0 Å². The average molecular weight is 383 g/mol. The quantitative estimate of drug-likeness (QED) is 0.863. The highest BCUT2D eigenvalue weighted by atomic mass is 16.5. The Labute approximate surface area is 166 Å². The van der Waals surface area contributed by atoms with Crippen LogP contribution < -0.4 is 0 Å². The van der Waals surface area contributed by atoms with Gasteiger partial charge in [0.1, 0.15) is 5.69 Å².